The molecule has 0 aliphatic carbocycles. The topological polar surface area (TPSA) is 133 Å². The van der Waals surface area contributed by atoms with Gasteiger partial charge in [-0.15, -0.1) is 0 Å². The summed E-state index contributed by atoms with van der Waals surface area (Å²) in [7, 11) is 5.63. The summed E-state index contributed by atoms with van der Waals surface area (Å²) in [5.41, 5.74) is -2.29. The highest BCUT2D eigenvalue weighted by Gasteiger charge is 2.53. The summed E-state index contributed by atoms with van der Waals surface area (Å²) in [5, 5.41) is 22.8. The number of likely N-dealkylation sites (N-methyl/N-ethyl adjacent to an activating group) is 1. The Labute approximate surface area is 269 Å². The summed E-state index contributed by atoms with van der Waals surface area (Å²) in [6, 6.07) is 0.0164. The van der Waals surface area contributed by atoms with Crippen molar-refractivity contribution in [1.82, 2.24) is 4.90 Å². The van der Waals surface area contributed by atoms with E-state index in [1.54, 1.807) is 34.8 Å². The number of cyclic esters (lactones) is 1. The largest absolute Gasteiger partial charge is 0.459 e. The third-order valence-corrected chi connectivity index (χ3v) is 10.4. The monoisotopic (exact) mass is 641 g/mol. The standard InChI is InChI=1S/C34H59NO10/c1-13-25-34(9,39)29(37)21(5)26(36)19(3)15-33(8)30(45-32-28(40-12)24(35(10)11)14-20(4)43-32)22(6)27(23(7)31(38)44-25)41-16-18(2)17-42-33/h19-25,27-30,32,37,39H,2,13-17H2,1,3-12H3/t19-,20-,21+,22+,23-,24+,25-,27+,28-,29-,30-,32+,33+,34-/m1/s1. The van der Waals surface area contributed by atoms with E-state index in [2.05, 4.69) is 11.5 Å². The number of Topliss-reactive ketones (excluding diaryl/α,β-unsaturated/α-hetero) is 1. The molecule has 0 aromatic heterocycles. The minimum atomic E-state index is -1.87. The number of hydrogen-bond acceptors (Lipinski definition) is 11. The number of aliphatic hydroxyl groups excluding tert-OH is 1. The van der Waals surface area contributed by atoms with E-state index in [9.17, 15) is 19.8 Å². The third-order valence-electron chi connectivity index (χ3n) is 10.4. The van der Waals surface area contributed by atoms with Gasteiger partial charge in [-0.1, -0.05) is 34.3 Å². The lowest BCUT2D eigenvalue weighted by Gasteiger charge is -2.49. The fourth-order valence-corrected chi connectivity index (χ4v) is 7.58. The van der Waals surface area contributed by atoms with E-state index in [0.717, 1.165) is 6.42 Å². The third kappa shape index (κ3) is 8.17. The molecular weight excluding hydrogens is 582 g/mol. The zero-order valence-electron chi connectivity index (χ0n) is 29.3. The van der Waals surface area contributed by atoms with Crippen molar-refractivity contribution < 1.29 is 48.2 Å². The first-order valence-electron chi connectivity index (χ1n) is 16.5. The van der Waals surface area contributed by atoms with E-state index in [-0.39, 0.29) is 44.0 Å². The van der Waals surface area contributed by atoms with Gasteiger partial charge in [0.2, 0.25) is 0 Å². The Morgan fingerprint density at radius 1 is 1.07 bits per heavy atom. The van der Waals surface area contributed by atoms with Crippen LogP contribution in [0.3, 0.4) is 0 Å². The van der Waals surface area contributed by atoms with Crippen LogP contribution in [-0.4, -0.2) is 121 Å². The molecule has 0 aromatic carbocycles. The van der Waals surface area contributed by atoms with E-state index in [1.165, 1.54) is 6.92 Å². The predicted molar refractivity (Wildman–Crippen MR) is 168 cm³/mol. The van der Waals surface area contributed by atoms with Gasteiger partial charge in [0.05, 0.1) is 49.1 Å². The van der Waals surface area contributed by atoms with Crippen LogP contribution in [0.5, 0.6) is 0 Å². The van der Waals surface area contributed by atoms with Crippen LogP contribution in [0.4, 0.5) is 0 Å². The van der Waals surface area contributed by atoms with Crippen LogP contribution in [-0.2, 0) is 38.0 Å². The molecule has 0 saturated carbocycles. The minimum Gasteiger partial charge on any atom is -0.459 e. The lowest BCUT2D eigenvalue weighted by atomic mass is 9.74. The molecule has 11 nitrogen and oxygen atoms in total. The molecule has 3 heterocycles. The Kier molecular flexibility index (Phi) is 12.8. The Morgan fingerprint density at radius 2 is 1.71 bits per heavy atom. The van der Waals surface area contributed by atoms with Crippen LogP contribution in [0.2, 0.25) is 0 Å². The summed E-state index contributed by atoms with van der Waals surface area (Å²) in [5.74, 6) is -3.64. The SMILES string of the molecule is C=C1CO[C@H]2[C@H](C)[C@@H](O[C@@H]3O[C@H](C)C[C@H](N(C)C)[C@H]3OC)[C@](C)(C[C@@H](C)C(=O)[C@H](C)[C@@H](O)[C@](C)(O)[C@@H](CC)OC(=O)[C@@H]2C)OC1. The van der Waals surface area contributed by atoms with Crippen LogP contribution in [0, 0.1) is 23.7 Å². The number of ketones is 1. The quantitative estimate of drug-likeness (QED) is 0.339. The normalized spacial score (nSPS) is 46.2. The molecule has 260 valence electrons. The second-order valence-corrected chi connectivity index (χ2v) is 14.4. The predicted octanol–water partition coefficient (Wildman–Crippen LogP) is 3.13. The number of fused-ring (bicyclic) bond motifs is 3. The molecule has 3 aliphatic rings. The average molecular weight is 642 g/mol. The van der Waals surface area contributed by atoms with Gasteiger partial charge in [0.25, 0.3) is 0 Å². The minimum absolute atomic E-state index is 0.0164. The van der Waals surface area contributed by atoms with Crippen molar-refractivity contribution in [3.63, 3.8) is 0 Å². The molecule has 0 amide bonds. The zero-order valence-corrected chi connectivity index (χ0v) is 29.3. The molecule has 45 heavy (non-hydrogen) atoms. The molecule has 2 bridgehead atoms. The second-order valence-electron chi connectivity index (χ2n) is 14.4. The summed E-state index contributed by atoms with van der Waals surface area (Å²) in [4.78, 5) is 29.8. The van der Waals surface area contributed by atoms with E-state index in [1.807, 2.05) is 34.9 Å². The first-order chi connectivity index (χ1) is 20.9. The molecule has 3 aliphatic heterocycles. The summed E-state index contributed by atoms with van der Waals surface area (Å²) >= 11 is 0. The van der Waals surface area contributed by atoms with Gasteiger partial charge in [-0.05, 0) is 66.6 Å². The number of nitrogens with zero attached hydrogens (tertiary/aromatic N) is 1. The maximum absolute atomic E-state index is 13.9. The number of rotatable bonds is 5. The van der Waals surface area contributed by atoms with Gasteiger partial charge in [-0.25, -0.2) is 0 Å². The second kappa shape index (κ2) is 15.2. The van der Waals surface area contributed by atoms with Crippen molar-refractivity contribution >= 4 is 11.8 Å². The average Bonchev–Trinajstić information content (AvgIpc) is 3.02. The zero-order chi connectivity index (χ0) is 34.0. The maximum Gasteiger partial charge on any atom is 0.311 e. The van der Waals surface area contributed by atoms with E-state index < -0.39 is 77.7 Å². The van der Waals surface area contributed by atoms with E-state index in [0.29, 0.717) is 5.57 Å². The van der Waals surface area contributed by atoms with Crippen molar-refractivity contribution in [3.05, 3.63) is 12.2 Å². The molecule has 0 unspecified atom stereocenters. The Balaban J connectivity index is 2.19. The molecule has 2 N–H and O–H groups in total. The number of carbonyl (C=O) groups is 2. The van der Waals surface area contributed by atoms with Crippen molar-refractivity contribution in [1.29, 1.82) is 0 Å². The van der Waals surface area contributed by atoms with Gasteiger partial charge < -0.3 is 43.5 Å². The molecule has 0 spiro atoms. The molecule has 11 heteroatoms. The Hall–Kier alpha value is -1.44. The van der Waals surface area contributed by atoms with Gasteiger partial charge in [-0.2, -0.15) is 0 Å². The molecule has 3 rings (SSSR count). The van der Waals surface area contributed by atoms with Crippen LogP contribution in [0.25, 0.3) is 0 Å². The number of esters is 1. The number of hydrogen-bond donors (Lipinski definition) is 2. The fraction of sp³-hybridized carbons (Fsp3) is 0.882. The lowest BCUT2D eigenvalue weighted by molar-refractivity contribution is -0.306. The van der Waals surface area contributed by atoms with Crippen molar-refractivity contribution in [3.8, 4) is 0 Å². The Morgan fingerprint density at radius 3 is 2.29 bits per heavy atom. The molecule has 3 fully saturated rings. The van der Waals surface area contributed by atoms with Crippen LogP contribution in [0.1, 0.15) is 74.7 Å². The lowest BCUT2D eigenvalue weighted by Crippen LogP contribution is -2.61. The van der Waals surface area contributed by atoms with Crippen molar-refractivity contribution in [2.45, 2.75) is 135 Å². The maximum atomic E-state index is 13.9. The number of carbonyl (C=O) groups excluding carboxylic acids is 2. The summed E-state index contributed by atoms with van der Waals surface area (Å²) in [6.45, 7) is 18.6. The molecule has 0 aromatic rings. The molecule has 14 atom stereocenters. The van der Waals surface area contributed by atoms with E-state index in [4.69, 9.17) is 28.4 Å². The van der Waals surface area contributed by atoms with E-state index >= 15 is 0 Å². The van der Waals surface area contributed by atoms with Crippen LogP contribution in [0.15, 0.2) is 12.2 Å². The Bertz CT molecular complexity index is 1030. The number of aliphatic hydroxyl groups is 2. The van der Waals surface area contributed by atoms with Gasteiger partial charge in [0.1, 0.15) is 23.6 Å². The first-order valence-corrected chi connectivity index (χ1v) is 16.5. The first kappa shape index (κ1) is 38.0. The van der Waals surface area contributed by atoms with Gasteiger partial charge in [-0.3, -0.25) is 9.59 Å². The van der Waals surface area contributed by atoms with Gasteiger partial charge in [0.15, 0.2) is 6.29 Å². The van der Waals surface area contributed by atoms with Gasteiger partial charge in [0, 0.05) is 30.9 Å². The number of methoxy groups -OCH3 is 1. The summed E-state index contributed by atoms with van der Waals surface area (Å²) < 4.78 is 38.2. The number of ether oxygens (including phenoxy) is 6. The van der Waals surface area contributed by atoms with Crippen LogP contribution < -0.4 is 0 Å². The fourth-order valence-electron chi connectivity index (χ4n) is 7.58. The summed E-state index contributed by atoms with van der Waals surface area (Å²) in [6.07, 6.45) is -4.09. The highest BCUT2D eigenvalue weighted by Crippen LogP contribution is 2.41. The molecule has 3 saturated heterocycles. The highest BCUT2D eigenvalue weighted by molar-refractivity contribution is 5.83. The molecular formula is C34H59NO10. The highest BCUT2D eigenvalue weighted by atomic mass is 16.7. The smallest absolute Gasteiger partial charge is 0.311 e. The van der Waals surface area contributed by atoms with Crippen molar-refractivity contribution in [2.24, 2.45) is 23.7 Å². The van der Waals surface area contributed by atoms with Crippen LogP contribution >= 0.6 is 0 Å². The van der Waals surface area contributed by atoms with Crippen molar-refractivity contribution in [2.75, 3.05) is 34.4 Å². The van der Waals surface area contributed by atoms with Gasteiger partial charge >= 0.3 is 5.97 Å². The molecule has 0 radical (unpaired) electrons.